The predicted octanol–water partition coefficient (Wildman–Crippen LogP) is 1.31. The third kappa shape index (κ3) is 3.77. The molecule has 3 N–H and O–H groups in total. The van der Waals surface area contributed by atoms with E-state index in [0.29, 0.717) is 37.2 Å². The van der Waals surface area contributed by atoms with E-state index in [1.165, 1.54) is 4.90 Å². The second-order valence-corrected chi connectivity index (χ2v) is 9.35. The number of benzene rings is 1. The van der Waals surface area contributed by atoms with E-state index in [4.69, 9.17) is 9.47 Å². The van der Waals surface area contributed by atoms with Gasteiger partial charge in [-0.15, -0.1) is 0 Å². The van der Waals surface area contributed by atoms with Crippen molar-refractivity contribution in [1.82, 2.24) is 10.2 Å². The molecule has 1 spiro atoms. The van der Waals surface area contributed by atoms with Crippen LogP contribution in [0.2, 0.25) is 0 Å². The summed E-state index contributed by atoms with van der Waals surface area (Å²) < 4.78 is 11.7. The Morgan fingerprint density at radius 3 is 2.61 bits per heavy atom. The maximum atomic E-state index is 13.6. The number of aliphatic hydroxyl groups is 1. The molecule has 3 saturated heterocycles. The average molecular weight is 460 g/mol. The SMILES string of the molecule is CCCNC(=O)[C@@H]1[C@H]2C(=O)N(CCCO)C(C(=O)Nc3ccc(OC)cc3)C23CC[C@@]1(C)O3. The van der Waals surface area contributed by atoms with Gasteiger partial charge >= 0.3 is 0 Å². The van der Waals surface area contributed by atoms with Crippen molar-refractivity contribution in [1.29, 1.82) is 0 Å². The molecule has 4 rings (SSSR count). The van der Waals surface area contributed by atoms with Gasteiger partial charge in [-0.1, -0.05) is 6.92 Å². The first-order chi connectivity index (χ1) is 15.8. The lowest BCUT2D eigenvalue weighted by atomic mass is 9.66. The van der Waals surface area contributed by atoms with Gasteiger partial charge in [-0.2, -0.15) is 0 Å². The Balaban J connectivity index is 1.67. The van der Waals surface area contributed by atoms with Crippen LogP contribution in [0.1, 0.15) is 39.5 Å². The van der Waals surface area contributed by atoms with Gasteiger partial charge < -0.3 is 30.1 Å². The first kappa shape index (κ1) is 23.5. The maximum absolute atomic E-state index is 13.6. The molecule has 3 amide bonds. The lowest BCUT2D eigenvalue weighted by Crippen LogP contribution is -2.53. The highest BCUT2D eigenvalue weighted by Crippen LogP contribution is 2.63. The molecule has 9 heteroatoms. The highest BCUT2D eigenvalue weighted by atomic mass is 16.5. The normalized spacial score (nSPS) is 32.1. The number of ether oxygens (including phenoxy) is 2. The fourth-order valence-corrected chi connectivity index (χ4v) is 5.85. The van der Waals surface area contributed by atoms with Gasteiger partial charge in [0.15, 0.2) is 0 Å². The zero-order chi connectivity index (χ0) is 23.8. The van der Waals surface area contributed by atoms with Gasteiger partial charge in [0.2, 0.25) is 17.7 Å². The summed E-state index contributed by atoms with van der Waals surface area (Å²) in [6, 6.07) is 6.07. The number of carbonyl (C=O) groups is 3. The molecular formula is C24H33N3O6. The highest BCUT2D eigenvalue weighted by Gasteiger charge is 2.77. The van der Waals surface area contributed by atoms with Crippen molar-refractivity contribution >= 4 is 23.4 Å². The van der Waals surface area contributed by atoms with Crippen LogP contribution in [-0.4, -0.2) is 71.8 Å². The number of hydrogen-bond acceptors (Lipinski definition) is 6. The Hall–Kier alpha value is -2.65. The molecule has 3 fully saturated rings. The number of nitrogens with zero attached hydrogens (tertiary/aromatic N) is 1. The summed E-state index contributed by atoms with van der Waals surface area (Å²) in [5.41, 5.74) is -1.28. The van der Waals surface area contributed by atoms with Crippen LogP contribution < -0.4 is 15.4 Å². The monoisotopic (exact) mass is 459 g/mol. The van der Waals surface area contributed by atoms with Crippen molar-refractivity contribution in [2.45, 2.75) is 56.8 Å². The molecule has 3 aliphatic heterocycles. The second kappa shape index (κ2) is 8.95. The van der Waals surface area contributed by atoms with Crippen molar-refractivity contribution in [2.24, 2.45) is 11.8 Å². The van der Waals surface area contributed by atoms with E-state index in [0.717, 1.165) is 6.42 Å². The minimum atomic E-state index is -1.06. The maximum Gasteiger partial charge on any atom is 0.250 e. The van der Waals surface area contributed by atoms with E-state index in [1.54, 1.807) is 31.4 Å². The van der Waals surface area contributed by atoms with E-state index in [2.05, 4.69) is 10.6 Å². The Morgan fingerprint density at radius 1 is 1.24 bits per heavy atom. The molecule has 0 aliphatic carbocycles. The third-order valence-electron chi connectivity index (χ3n) is 7.27. The van der Waals surface area contributed by atoms with Crippen molar-refractivity contribution in [3.63, 3.8) is 0 Å². The topological polar surface area (TPSA) is 117 Å². The van der Waals surface area contributed by atoms with E-state index in [-0.39, 0.29) is 30.9 Å². The molecule has 0 saturated carbocycles. The summed E-state index contributed by atoms with van der Waals surface area (Å²) in [6.07, 6.45) is 2.25. The number of nitrogens with one attached hydrogen (secondary N) is 2. The molecule has 3 aliphatic rings. The van der Waals surface area contributed by atoms with Gasteiger partial charge in [0.05, 0.1) is 24.5 Å². The number of likely N-dealkylation sites (tertiary alicyclic amines) is 1. The summed E-state index contributed by atoms with van der Waals surface area (Å²) in [6.45, 7) is 4.48. The lowest BCUT2D eigenvalue weighted by Gasteiger charge is -2.33. The molecule has 1 aromatic rings. The van der Waals surface area contributed by atoms with E-state index in [9.17, 15) is 19.5 Å². The number of hydrogen-bond donors (Lipinski definition) is 3. The van der Waals surface area contributed by atoms with Crippen molar-refractivity contribution in [3.8, 4) is 5.75 Å². The molecule has 0 radical (unpaired) electrons. The molecule has 3 heterocycles. The minimum absolute atomic E-state index is 0.104. The number of rotatable bonds is 9. The van der Waals surface area contributed by atoms with Crippen LogP contribution >= 0.6 is 0 Å². The highest BCUT2D eigenvalue weighted by molar-refractivity contribution is 6.03. The largest absolute Gasteiger partial charge is 0.497 e. The standard InChI is InChI=1S/C24H33N3O6/c1-4-12-25-20(29)17-18-22(31)27(13-5-14-28)19(24(18)11-10-23(17,2)33-24)21(30)26-15-6-8-16(32-3)9-7-15/h6-9,17-19,28H,4-5,10-14H2,1-3H3,(H,25,29)(H,26,30)/t17-,18-,19?,23+,24?/m0/s1. The van der Waals surface area contributed by atoms with Gasteiger partial charge in [-0.05, 0) is 56.9 Å². The number of fused-ring (bicyclic) bond motifs is 1. The predicted molar refractivity (Wildman–Crippen MR) is 121 cm³/mol. The lowest BCUT2D eigenvalue weighted by molar-refractivity contribution is -0.144. The Kier molecular flexibility index (Phi) is 6.37. The quantitative estimate of drug-likeness (QED) is 0.513. The van der Waals surface area contributed by atoms with Crippen LogP contribution in [0.25, 0.3) is 0 Å². The number of methoxy groups -OCH3 is 1. The van der Waals surface area contributed by atoms with E-state index < -0.39 is 29.1 Å². The zero-order valence-corrected chi connectivity index (χ0v) is 19.4. The Morgan fingerprint density at radius 2 is 1.97 bits per heavy atom. The molecule has 5 atom stereocenters. The van der Waals surface area contributed by atoms with Crippen LogP contribution in [0.4, 0.5) is 5.69 Å². The molecule has 2 bridgehead atoms. The molecule has 0 aromatic heterocycles. The van der Waals surface area contributed by atoms with Crippen LogP contribution in [0.3, 0.4) is 0 Å². The van der Waals surface area contributed by atoms with Gasteiger partial charge in [-0.3, -0.25) is 14.4 Å². The first-order valence-corrected chi connectivity index (χ1v) is 11.7. The van der Waals surface area contributed by atoms with E-state index >= 15 is 0 Å². The second-order valence-electron chi connectivity index (χ2n) is 9.35. The van der Waals surface area contributed by atoms with Gasteiger partial charge in [0.25, 0.3) is 0 Å². The van der Waals surface area contributed by atoms with Gasteiger partial charge in [-0.25, -0.2) is 0 Å². The average Bonchev–Trinajstić information content (AvgIpc) is 3.37. The number of carbonyl (C=O) groups excluding carboxylic acids is 3. The van der Waals surface area contributed by atoms with Crippen LogP contribution in [-0.2, 0) is 19.1 Å². The molecular weight excluding hydrogens is 426 g/mol. The summed E-state index contributed by atoms with van der Waals surface area (Å²) >= 11 is 0. The smallest absolute Gasteiger partial charge is 0.250 e. The van der Waals surface area contributed by atoms with Gasteiger partial charge in [0.1, 0.15) is 17.4 Å². The summed E-state index contributed by atoms with van der Waals surface area (Å²) in [5, 5.41) is 15.2. The number of amides is 3. The Bertz CT molecular complexity index is 921. The molecule has 1 aromatic carbocycles. The van der Waals surface area contributed by atoms with Crippen molar-refractivity contribution in [3.05, 3.63) is 24.3 Å². The van der Waals surface area contributed by atoms with E-state index in [1.807, 2.05) is 13.8 Å². The molecule has 180 valence electrons. The third-order valence-corrected chi connectivity index (χ3v) is 7.27. The molecule has 2 unspecified atom stereocenters. The fraction of sp³-hybridized carbons (Fsp3) is 0.625. The summed E-state index contributed by atoms with van der Waals surface area (Å²) in [5.74, 6) is -1.51. The van der Waals surface area contributed by atoms with Gasteiger partial charge in [0, 0.05) is 25.4 Å². The minimum Gasteiger partial charge on any atom is -0.497 e. The zero-order valence-electron chi connectivity index (χ0n) is 19.4. The fourth-order valence-electron chi connectivity index (χ4n) is 5.85. The molecule has 33 heavy (non-hydrogen) atoms. The first-order valence-electron chi connectivity index (χ1n) is 11.7. The van der Waals surface area contributed by atoms with Crippen LogP contribution in [0, 0.1) is 11.8 Å². The van der Waals surface area contributed by atoms with Crippen molar-refractivity contribution in [2.75, 3.05) is 32.1 Å². The number of aliphatic hydroxyl groups excluding tert-OH is 1. The van der Waals surface area contributed by atoms with Crippen LogP contribution in [0.15, 0.2) is 24.3 Å². The number of anilines is 1. The van der Waals surface area contributed by atoms with Crippen LogP contribution in [0.5, 0.6) is 5.75 Å². The Labute approximate surface area is 193 Å². The molecule has 9 nitrogen and oxygen atoms in total. The summed E-state index contributed by atoms with van der Waals surface area (Å²) in [7, 11) is 1.57. The van der Waals surface area contributed by atoms with Crippen molar-refractivity contribution < 1.29 is 29.0 Å². The summed E-state index contributed by atoms with van der Waals surface area (Å²) in [4.78, 5) is 41.9.